The van der Waals surface area contributed by atoms with Gasteiger partial charge in [-0.05, 0) is 60.9 Å². The molecule has 6 heteroatoms. The number of halogens is 1. The molecule has 1 N–H and O–H groups in total. The third-order valence-corrected chi connectivity index (χ3v) is 5.72. The van der Waals surface area contributed by atoms with Crippen LogP contribution in [-0.2, 0) is 11.2 Å². The minimum Gasteiger partial charge on any atom is -0.491 e. The molecule has 0 fully saturated rings. The molecule has 1 atom stereocenters. The summed E-state index contributed by atoms with van der Waals surface area (Å²) < 4.78 is 21.3. The van der Waals surface area contributed by atoms with Crippen LogP contribution in [0.3, 0.4) is 0 Å². The van der Waals surface area contributed by atoms with E-state index in [1.165, 1.54) is 12.1 Å². The summed E-state index contributed by atoms with van der Waals surface area (Å²) in [6, 6.07) is 20.1. The Morgan fingerprint density at radius 3 is 2.47 bits per heavy atom. The average molecular weight is 460 g/mol. The van der Waals surface area contributed by atoms with E-state index in [4.69, 9.17) is 4.74 Å². The van der Waals surface area contributed by atoms with E-state index in [2.05, 4.69) is 22.5 Å². The van der Waals surface area contributed by atoms with Crippen LogP contribution in [0.25, 0.3) is 16.6 Å². The molecule has 5 nitrogen and oxygen atoms in total. The second-order valence-corrected chi connectivity index (χ2v) is 9.63. The quantitative estimate of drug-likeness (QED) is 0.390. The fraction of sp³-hybridized carbons (Fsp3) is 0.286. The molecule has 0 saturated heterocycles. The summed E-state index contributed by atoms with van der Waals surface area (Å²) >= 11 is 0. The van der Waals surface area contributed by atoms with Gasteiger partial charge >= 0.3 is 0 Å². The molecule has 1 heterocycles. The molecule has 0 saturated carbocycles. The molecule has 1 aromatic heterocycles. The van der Waals surface area contributed by atoms with E-state index in [1.807, 2.05) is 58.0 Å². The third-order valence-electron chi connectivity index (χ3n) is 5.72. The maximum absolute atomic E-state index is 13.3. The van der Waals surface area contributed by atoms with E-state index in [9.17, 15) is 9.18 Å². The van der Waals surface area contributed by atoms with Gasteiger partial charge in [-0.25, -0.2) is 9.07 Å². The van der Waals surface area contributed by atoms with Gasteiger partial charge in [0.2, 0.25) is 5.91 Å². The molecule has 4 rings (SSSR count). The van der Waals surface area contributed by atoms with E-state index in [-0.39, 0.29) is 17.8 Å². The number of aryl methyl sites for hydroxylation is 1. The lowest BCUT2D eigenvalue weighted by Crippen LogP contribution is -2.45. The Kier molecular flexibility index (Phi) is 6.68. The summed E-state index contributed by atoms with van der Waals surface area (Å²) in [5, 5.41) is 8.55. The molecule has 3 aromatic carbocycles. The molecular weight excluding hydrogens is 429 g/mol. The SMILES string of the molecule is Cc1cc2c(cnn2-c2ccc(F)cc2)cc1OCC(Cc1ccccc1)NC(=O)C(C)(C)C. The van der Waals surface area contributed by atoms with Gasteiger partial charge in [0, 0.05) is 10.8 Å². The number of ether oxygens (including phenoxy) is 1. The zero-order valence-corrected chi connectivity index (χ0v) is 20.0. The van der Waals surface area contributed by atoms with Crippen molar-refractivity contribution in [2.24, 2.45) is 5.41 Å². The van der Waals surface area contributed by atoms with Crippen LogP contribution in [0.2, 0.25) is 0 Å². The molecule has 1 amide bonds. The first-order chi connectivity index (χ1) is 16.2. The Labute approximate surface area is 199 Å². The van der Waals surface area contributed by atoms with Gasteiger partial charge < -0.3 is 10.1 Å². The largest absolute Gasteiger partial charge is 0.491 e. The van der Waals surface area contributed by atoms with Gasteiger partial charge in [0.1, 0.15) is 18.2 Å². The highest BCUT2D eigenvalue weighted by Crippen LogP contribution is 2.27. The number of nitrogens with zero attached hydrogens (tertiary/aromatic N) is 2. The van der Waals surface area contributed by atoms with Gasteiger partial charge in [0.25, 0.3) is 0 Å². The molecule has 0 bridgehead atoms. The zero-order chi connectivity index (χ0) is 24.3. The Balaban J connectivity index is 1.55. The number of aromatic nitrogens is 2. The van der Waals surface area contributed by atoms with Crippen molar-refractivity contribution >= 4 is 16.8 Å². The van der Waals surface area contributed by atoms with Crippen LogP contribution < -0.4 is 10.1 Å². The van der Waals surface area contributed by atoms with Gasteiger partial charge in [0.15, 0.2) is 0 Å². The predicted octanol–water partition coefficient (Wildman–Crippen LogP) is 5.63. The Bertz CT molecular complexity index is 1280. The Morgan fingerprint density at radius 2 is 1.79 bits per heavy atom. The van der Waals surface area contributed by atoms with Crippen LogP contribution in [0.5, 0.6) is 5.75 Å². The highest BCUT2D eigenvalue weighted by atomic mass is 19.1. The van der Waals surface area contributed by atoms with Crippen LogP contribution in [0.15, 0.2) is 72.9 Å². The number of carbonyl (C=O) groups excluding carboxylic acids is 1. The summed E-state index contributed by atoms with van der Waals surface area (Å²) in [5.74, 6) is 0.453. The highest BCUT2D eigenvalue weighted by Gasteiger charge is 2.24. The van der Waals surface area contributed by atoms with Gasteiger partial charge in [-0.1, -0.05) is 51.1 Å². The molecule has 0 aliphatic heterocycles. The number of fused-ring (bicyclic) bond motifs is 1. The van der Waals surface area contributed by atoms with Crippen LogP contribution >= 0.6 is 0 Å². The van der Waals surface area contributed by atoms with Crippen molar-refractivity contribution in [3.63, 3.8) is 0 Å². The molecule has 0 spiro atoms. The third kappa shape index (κ3) is 5.45. The van der Waals surface area contributed by atoms with Crippen LogP contribution in [0.1, 0.15) is 31.9 Å². The van der Waals surface area contributed by atoms with Crippen molar-refractivity contribution < 1.29 is 13.9 Å². The molecule has 0 radical (unpaired) electrons. The number of carbonyl (C=O) groups is 1. The van der Waals surface area contributed by atoms with E-state index in [0.717, 1.165) is 33.5 Å². The lowest BCUT2D eigenvalue weighted by molar-refractivity contribution is -0.129. The van der Waals surface area contributed by atoms with Gasteiger partial charge in [-0.3, -0.25) is 4.79 Å². The number of rotatable bonds is 7. The first kappa shape index (κ1) is 23.5. The van der Waals surface area contributed by atoms with Crippen LogP contribution in [0.4, 0.5) is 4.39 Å². The average Bonchev–Trinajstić information content (AvgIpc) is 3.20. The molecular formula is C28H30FN3O2. The summed E-state index contributed by atoms with van der Waals surface area (Å²) in [4.78, 5) is 12.7. The number of nitrogens with one attached hydrogen (secondary N) is 1. The Hall–Kier alpha value is -3.67. The van der Waals surface area contributed by atoms with Crippen molar-refractivity contribution in [1.29, 1.82) is 0 Å². The fourth-order valence-corrected chi connectivity index (χ4v) is 3.74. The lowest BCUT2D eigenvalue weighted by atomic mass is 9.94. The molecule has 176 valence electrons. The van der Waals surface area contributed by atoms with Crippen molar-refractivity contribution in [3.8, 4) is 11.4 Å². The first-order valence-corrected chi connectivity index (χ1v) is 11.4. The molecule has 4 aromatic rings. The van der Waals surface area contributed by atoms with Crippen molar-refractivity contribution in [2.75, 3.05) is 6.61 Å². The van der Waals surface area contributed by atoms with E-state index >= 15 is 0 Å². The van der Waals surface area contributed by atoms with E-state index in [1.54, 1.807) is 23.0 Å². The number of hydrogen-bond donors (Lipinski definition) is 1. The molecule has 34 heavy (non-hydrogen) atoms. The first-order valence-electron chi connectivity index (χ1n) is 11.4. The molecule has 0 aliphatic rings. The minimum atomic E-state index is -0.487. The second kappa shape index (κ2) is 9.67. The van der Waals surface area contributed by atoms with Crippen molar-refractivity contribution in [3.05, 3.63) is 89.9 Å². The van der Waals surface area contributed by atoms with Gasteiger partial charge in [-0.15, -0.1) is 0 Å². The molecule has 0 aliphatic carbocycles. The lowest BCUT2D eigenvalue weighted by Gasteiger charge is -2.25. The Morgan fingerprint density at radius 1 is 1.09 bits per heavy atom. The zero-order valence-electron chi connectivity index (χ0n) is 20.0. The fourth-order valence-electron chi connectivity index (χ4n) is 3.74. The summed E-state index contributed by atoms with van der Waals surface area (Å²) in [6.07, 6.45) is 2.44. The normalized spacial score (nSPS) is 12.5. The van der Waals surface area contributed by atoms with Gasteiger partial charge in [0.05, 0.1) is 23.4 Å². The van der Waals surface area contributed by atoms with Crippen molar-refractivity contribution in [1.82, 2.24) is 15.1 Å². The monoisotopic (exact) mass is 459 g/mol. The maximum atomic E-state index is 13.3. The molecule has 1 unspecified atom stereocenters. The number of benzene rings is 3. The number of amides is 1. The topological polar surface area (TPSA) is 56.1 Å². The highest BCUT2D eigenvalue weighted by molar-refractivity contribution is 5.83. The van der Waals surface area contributed by atoms with Crippen LogP contribution in [0, 0.1) is 18.2 Å². The van der Waals surface area contributed by atoms with Gasteiger partial charge in [-0.2, -0.15) is 5.10 Å². The van der Waals surface area contributed by atoms with E-state index < -0.39 is 5.41 Å². The van der Waals surface area contributed by atoms with Crippen molar-refractivity contribution in [2.45, 2.75) is 40.2 Å². The summed E-state index contributed by atoms with van der Waals surface area (Å²) in [6.45, 7) is 8.03. The predicted molar refractivity (Wildman–Crippen MR) is 133 cm³/mol. The second-order valence-electron chi connectivity index (χ2n) is 9.63. The minimum absolute atomic E-state index is 0.00946. The smallest absolute Gasteiger partial charge is 0.225 e. The standard InChI is InChI=1S/C28H30FN3O2/c1-19-14-25-21(17-30-32(25)24-12-10-22(29)11-13-24)16-26(19)34-18-23(31-27(33)28(2,3)4)15-20-8-6-5-7-9-20/h5-14,16-17,23H,15,18H2,1-4H3,(H,31,33). The maximum Gasteiger partial charge on any atom is 0.225 e. The van der Waals surface area contributed by atoms with E-state index in [0.29, 0.717) is 13.0 Å². The summed E-state index contributed by atoms with van der Waals surface area (Å²) in [7, 11) is 0. The van der Waals surface area contributed by atoms with Crippen LogP contribution in [-0.4, -0.2) is 28.3 Å². The number of hydrogen-bond acceptors (Lipinski definition) is 3. The summed E-state index contributed by atoms with van der Waals surface area (Å²) in [5.41, 5.74) is 3.31.